The van der Waals surface area contributed by atoms with Gasteiger partial charge in [-0.05, 0) is 0 Å². The van der Waals surface area contributed by atoms with E-state index in [1.54, 1.807) is 11.9 Å². The van der Waals surface area contributed by atoms with Crippen molar-refractivity contribution in [3.05, 3.63) is 11.8 Å². The first-order valence-corrected chi connectivity index (χ1v) is 4.54. The summed E-state index contributed by atoms with van der Waals surface area (Å²) in [6, 6.07) is 0. The van der Waals surface area contributed by atoms with Crippen LogP contribution in [0.1, 0.15) is 0 Å². The molecule has 0 aromatic heterocycles. The number of ether oxygens (including phenoxy) is 1. The zero-order valence-corrected chi connectivity index (χ0v) is 8.25. The molecule has 0 bridgehead atoms. The van der Waals surface area contributed by atoms with Gasteiger partial charge in [0.25, 0.3) is 5.91 Å². The number of hydrogen-bond donors (Lipinski definition) is 2. The monoisotopic (exact) mass is 197 g/mol. The normalized spacial score (nSPS) is 17.8. The summed E-state index contributed by atoms with van der Waals surface area (Å²) in [6.07, 6.45) is 2.60. The van der Waals surface area contributed by atoms with E-state index in [9.17, 15) is 4.79 Å². The number of carbonyl (C=O) groups excluding carboxylic acids is 1. The van der Waals surface area contributed by atoms with Crippen molar-refractivity contribution in [1.29, 1.82) is 5.41 Å². The van der Waals surface area contributed by atoms with E-state index >= 15 is 0 Å². The highest BCUT2D eigenvalue weighted by atomic mass is 16.5. The lowest BCUT2D eigenvalue weighted by Gasteiger charge is -2.26. The highest BCUT2D eigenvalue weighted by molar-refractivity contribution is 6.11. The highest BCUT2D eigenvalue weighted by Crippen LogP contribution is 2.02. The molecule has 0 aromatic carbocycles. The van der Waals surface area contributed by atoms with Crippen molar-refractivity contribution in [3.63, 3.8) is 0 Å². The third-order valence-corrected chi connectivity index (χ3v) is 2.00. The largest absolute Gasteiger partial charge is 0.393 e. The third-order valence-electron chi connectivity index (χ3n) is 2.00. The predicted octanol–water partition coefficient (Wildman–Crippen LogP) is -0.402. The van der Waals surface area contributed by atoms with Gasteiger partial charge in [-0.15, -0.1) is 0 Å². The lowest BCUT2D eigenvalue weighted by atomic mass is 10.2. The molecule has 1 amide bonds. The fourth-order valence-electron chi connectivity index (χ4n) is 1.27. The van der Waals surface area contributed by atoms with Crippen molar-refractivity contribution in [3.8, 4) is 0 Å². The number of nitrogens with one attached hydrogen (secondary N) is 2. The standard InChI is InChI=1S/C9H15N3O2/c1-11-7-8(6-10)9(13)12-2-4-14-5-3-12/h6-7,10-11H,2-5H2,1H3/b8-7+,10-6?. The molecule has 1 heterocycles. The predicted molar refractivity (Wildman–Crippen MR) is 53.3 cm³/mol. The van der Waals surface area contributed by atoms with Gasteiger partial charge in [0.05, 0.1) is 18.8 Å². The van der Waals surface area contributed by atoms with E-state index in [0.29, 0.717) is 31.9 Å². The van der Waals surface area contributed by atoms with Crippen LogP contribution < -0.4 is 5.32 Å². The van der Waals surface area contributed by atoms with Crippen molar-refractivity contribution >= 4 is 12.1 Å². The molecule has 1 saturated heterocycles. The van der Waals surface area contributed by atoms with Crippen molar-refractivity contribution in [2.24, 2.45) is 0 Å². The number of hydrogen-bond acceptors (Lipinski definition) is 4. The molecule has 1 aliphatic heterocycles. The van der Waals surface area contributed by atoms with E-state index in [1.165, 1.54) is 6.20 Å². The maximum Gasteiger partial charge on any atom is 0.257 e. The van der Waals surface area contributed by atoms with Crippen LogP contribution in [0.15, 0.2) is 11.8 Å². The Morgan fingerprint density at radius 2 is 2.14 bits per heavy atom. The third kappa shape index (κ3) is 2.56. The summed E-state index contributed by atoms with van der Waals surface area (Å²) >= 11 is 0. The van der Waals surface area contributed by atoms with Crippen molar-refractivity contribution in [1.82, 2.24) is 10.2 Å². The number of amides is 1. The van der Waals surface area contributed by atoms with Gasteiger partial charge in [-0.2, -0.15) is 0 Å². The van der Waals surface area contributed by atoms with Gasteiger partial charge in [-0.25, -0.2) is 0 Å². The fraction of sp³-hybridized carbons (Fsp3) is 0.556. The molecule has 14 heavy (non-hydrogen) atoms. The molecule has 0 saturated carbocycles. The van der Waals surface area contributed by atoms with Crippen LogP contribution in [0, 0.1) is 5.41 Å². The molecule has 0 spiro atoms. The van der Waals surface area contributed by atoms with Crippen LogP contribution in [-0.2, 0) is 9.53 Å². The Bertz CT molecular complexity index is 244. The van der Waals surface area contributed by atoms with E-state index in [0.717, 1.165) is 6.21 Å². The molecular formula is C9H15N3O2. The number of carbonyl (C=O) groups is 1. The molecular weight excluding hydrogens is 182 g/mol. The molecule has 78 valence electrons. The van der Waals surface area contributed by atoms with Crippen LogP contribution >= 0.6 is 0 Å². The second kappa shape index (κ2) is 5.39. The Labute approximate surface area is 83.2 Å². The minimum absolute atomic E-state index is 0.113. The van der Waals surface area contributed by atoms with Crippen LogP contribution in [0.4, 0.5) is 0 Å². The summed E-state index contributed by atoms with van der Waals surface area (Å²) in [5.74, 6) is -0.113. The highest BCUT2D eigenvalue weighted by Gasteiger charge is 2.18. The van der Waals surface area contributed by atoms with Gasteiger partial charge in [0.1, 0.15) is 0 Å². The molecule has 5 heteroatoms. The fourth-order valence-corrected chi connectivity index (χ4v) is 1.27. The van der Waals surface area contributed by atoms with E-state index < -0.39 is 0 Å². The summed E-state index contributed by atoms with van der Waals surface area (Å²) in [6.45, 7) is 2.37. The van der Waals surface area contributed by atoms with Gasteiger partial charge in [0.2, 0.25) is 0 Å². The molecule has 2 N–H and O–H groups in total. The maximum absolute atomic E-state index is 11.7. The topological polar surface area (TPSA) is 65.4 Å². The first-order chi connectivity index (χ1) is 6.79. The van der Waals surface area contributed by atoms with Gasteiger partial charge in [-0.3, -0.25) is 4.79 Å². The first kappa shape index (κ1) is 10.7. The van der Waals surface area contributed by atoms with Crippen LogP contribution in [0.3, 0.4) is 0 Å². The zero-order valence-electron chi connectivity index (χ0n) is 8.25. The summed E-state index contributed by atoms with van der Waals surface area (Å²) < 4.78 is 5.14. The first-order valence-electron chi connectivity index (χ1n) is 4.54. The Hall–Kier alpha value is -1.36. The van der Waals surface area contributed by atoms with Crippen molar-refractivity contribution in [2.45, 2.75) is 0 Å². The average Bonchev–Trinajstić information content (AvgIpc) is 2.26. The van der Waals surface area contributed by atoms with Gasteiger partial charge in [0.15, 0.2) is 0 Å². The molecule has 0 aromatic rings. The minimum atomic E-state index is -0.113. The lowest BCUT2D eigenvalue weighted by molar-refractivity contribution is -0.130. The minimum Gasteiger partial charge on any atom is -0.393 e. The Kier molecular flexibility index (Phi) is 4.12. The lowest BCUT2D eigenvalue weighted by Crippen LogP contribution is -2.41. The van der Waals surface area contributed by atoms with Gasteiger partial charge in [-0.1, -0.05) is 0 Å². The second-order valence-corrected chi connectivity index (χ2v) is 2.94. The summed E-state index contributed by atoms with van der Waals surface area (Å²) in [5.41, 5.74) is 0.370. The van der Waals surface area contributed by atoms with E-state index in [1.807, 2.05) is 0 Å². The summed E-state index contributed by atoms with van der Waals surface area (Å²) in [5, 5.41) is 9.85. The summed E-state index contributed by atoms with van der Waals surface area (Å²) in [4.78, 5) is 13.4. The van der Waals surface area contributed by atoms with Crippen molar-refractivity contribution < 1.29 is 9.53 Å². The maximum atomic E-state index is 11.7. The molecule has 5 nitrogen and oxygen atoms in total. The Morgan fingerprint density at radius 3 is 2.64 bits per heavy atom. The van der Waals surface area contributed by atoms with Gasteiger partial charge < -0.3 is 20.4 Å². The SMILES string of the molecule is CN/C=C(\C=N)C(=O)N1CCOCC1. The van der Waals surface area contributed by atoms with E-state index in [4.69, 9.17) is 10.1 Å². The van der Waals surface area contributed by atoms with Crippen LogP contribution in [0.2, 0.25) is 0 Å². The molecule has 0 atom stereocenters. The molecule has 0 aliphatic carbocycles. The zero-order chi connectivity index (χ0) is 10.4. The Balaban J connectivity index is 2.61. The van der Waals surface area contributed by atoms with E-state index in [-0.39, 0.29) is 5.91 Å². The van der Waals surface area contributed by atoms with E-state index in [2.05, 4.69) is 5.32 Å². The number of morpholine rings is 1. The van der Waals surface area contributed by atoms with Crippen LogP contribution in [0.25, 0.3) is 0 Å². The number of nitrogens with zero attached hydrogens (tertiary/aromatic N) is 1. The molecule has 1 fully saturated rings. The molecule has 1 aliphatic rings. The van der Waals surface area contributed by atoms with Crippen LogP contribution in [-0.4, -0.2) is 50.4 Å². The smallest absolute Gasteiger partial charge is 0.257 e. The second-order valence-electron chi connectivity index (χ2n) is 2.94. The van der Waals surface area contributed by atoms with Crippen LogP contribution in [0.5, 0.6) is 0 Å². The molecule has 1 rings (SSSR count). The number of rotatable bonds is 3. The van der Waals surface area contributed by atoms with Crippen molar-refractivity contribution in [2.75, 3.05) is 33.4 Å². The molecule has 0 radical (unpaired) electrons. The van der Waals surface area contributed by atoms with Gasteiger partial charge in [0, 0.05) is 32.6 Å². The Morgan fingerprint density at radius 1 is 1.50 bits per heavy atom. The quantitative estimate of drug-likeness (QED) is 0.478. The summed E-state index contributed by atoms with van der Waals surface area (Å²) in [7, 11) is 1.70. The van der Waals surface area contributed by atoms with Gasteiger partial charge >= 0.3 is 0 Å². The molecule has 0 unspecified atom stereocenters. The average molecular weight is 197 g/mol.